The highest BCUT2D eigenvalue weighted by Crippen LogP contribution is 2.19. The van der Waals surface area contributed by atoms with Crippen molar-refractivity contribution >= 4 is 11.8 Å². The summed E-state index contributed by atoms with van der Waals surface area (Å²) in [6.45, 7) is 0. The molecule has 24 heavy (non-hydrogen) atoms. The Balaban J connectivity index is 1.55. The summed E-state index contributed by atoms with van der Waals surface area (Å²) < 4.78 is 0. The molecule has 1 aliphatic rings. The van der Waals surface area contributed by atoms with E-state index in [9.17, 15) is 9.59 Å². The number of amides is 2. The van der Waals surface area contributed by atoms with Crippen LogP contribution in [-0.2, 0) is 0 Å². The fourth-order valence-electron chi connectivity index (χ4n) is 3.08. The fraction of sp³-hybridized carbons (Fsp3) is 0.316. The molecule has 0 radical (unpaired) electrons. The van der Waals surface area contributed by atoms with Crippen LogP contribution in [0.2, 0.25) is 0 Å². The van der Waals surface area contributed by atoms with Gasteiger partial charge in [0.25, 0.3) is 11.8 Å². The van der Waals surface area contributed by atoms with Gasteiger partial charge in [-0.25, -0.2) is 0 Å². The summed E-state index contributed by atoms with van der Waals surface area (Å²) in [5.41, 5.74) is 1.28. The van der Waals surface area contributed by atoms with Gasteiger partial charge in [-0.1, -0.05) is 18.2 Å². The van der Waals surface area contributed by atoms with Gasteiger partial charge in [0.15, 0.2) is 0 Å². The number of rotatable bonds is 4. The van der Waals surface area contributed by atoms with Crippen LogP contribution in [-0.4, -0.2) is 28.9 Å². The van der Waals surface area contributed by atoms with Gasteiger partial charge in [0, 0.05) is 35.6 Å². The quantitative estimate of drug-likeness (QED) is 0.908. The third kappa shape index (κ3) is 4.19. The minimum atomic E-state index is -0.0857. The Hall–Kier alpha value is -2.69. The molecule has 0 bridgehead atoms. The molecule has 1 fully saturated rings. The van der Waals surface area contributed by atoms with Crippen LogP contribution < -0.4 is 10.6 Å². The summed E-state index contributed by atoms with van der Waals surface area (Å²) in [4.78, 5) is 28.4. The van der Waals surface area contributed by atoms with Gasteiger partial charge < -0.3 is 10.6 Å². The van der Waals surface area contributed by atoms with Crippen molar-refractivity contribution in [2.24, 2.45) is 0 Å². The summed E-state index contributed by atoms with van der Waals surface area (Å²) in [7, 11) is 0. The van der Waals surface area contributed by atoms with Crippen LogP contribution in [0.15, 0.2) is 54.9 Å². The van der Waals surface area contributed by atoms with Gasteiger partial charge in [0.05, 0.1) is 0 Å². The van der Waals surface area contributed by atoms with Crippen molar-refractivity contribution in [3.63, 3.8) is 0 Å². The third-order valence-corrected chi connectivity index (χ3v) is 4.32. The topological polar surface area (TPSA) is 71.1 Å². The second-order valence-corrected chi connectivity index (χ2v) is 6.11. The van der Waals surface area contributed by atoms with E-state index >= 15 is 0 Å². The van der Waals surface area contributed by atoms with E-state index in [-0.39, 0.29) is 23.9 Å². The van der Waals surface area contributed by atoms with E-state index in [2.05, 4.69) is 15.6 Å². The smallest absolute Gasteiger partial charge is 0.251 e. The van der Waals surface area contributed by atoms with E-state index in [1.54, 1.807) is 36.7 Å². The highest BCUT2D eigenvalue weighted by molar-refractivity contribution is 5.95. The van der Waals surface area contributed by atoms with Crippen LogP contribution >= 0.6 is 0 Å². The monoisotopic (exact) mass is 323 g/mol. The Morgan fingerprint density at radius 2 is 1.38 bits per heavy atom. The molecule has 124 valence electrons. The van der Waals surface area contributed by atoms with Gasteiger partial charge in [-0.15, -0.1) is 0 Å². The number of carbonyl (C=O) groups excluding carboxylic acids is 2. The van der Waals surface area contributed by atoms with Gasteiger partial charge in [0.2, 0.25) is 0 Å². The van der Waals surface area contributed by atoms with Crippen molar-refractivity contribution in [1.82, 2.24) is 15.6 Å². The van der Waals surface area contributed by atoms with Crippen LogP contribution in [0.4, 0.5) is 0 Å². The largest absolute Gasteiger partial charge is 0.349 e. The first kappa shape index (κ1) is 16.2. The molecule has 5 heteroatoms. The Kier molecular flexibility index (Phi) is 5.21. The molecule has 2 amide bonds. The summed E-state index contributed by atoms with van der Waals surface area (Å²) in [6, 6.07) is 12.8. The molecular formula is C19H21N3O2. The average Bonchev–Trinajstić information content (AvgIpc) is 2.63. The summed E-state index contributed by atoms with van der Waals surface area (Å²) >= 11 is 0. The van der Waals surface area contributed by atoms with Crippen molar-refractivity contribution in [3.05, 3.63) is 66.0 Å². The van der Waals surface area contributed by atoms with E-state index in [4.69, 9.17) is 0 Å². The number of hydrogen-bond acceptors (Lipinski definition) is 3. The van der Waals surface area contributed by atoms with E-state index in [0.717, 1.165) is 25.7 Å². The Bertz CT molecular complexity index is 629. The van der Waals surface area contributed by atoms with Crippen molar-refractivity contribution in [1.29, 1.82) is 0 Å². The Morgan fingerprint density at radius 1 is 0.833 bits per heavy atom. The standard InChI is InChI=1S/C19H21N3O2/c23-18(14-5-2-1-3-6-14)21-16-7-4-8-17(13-16)22-19(24)15-9-11-20-12-10-15/h1-3,5-6,9-12,16-17H,4,7-8,13H2,(H,21,23)(H,22,24). The number of aromatic nitrogens is 1. The lowest BCUT2D eigenvalue weighted by molar-refractivity contribution is 0.0903. The molecule has 0 aliphatic heterocycles. The predicted octanol–water partition coefficient (Wildman–Crippen LogP) is 2.55. The summed E-state index contributed by atoms with van der Waals surface area (Å²) in [6.07, 6.45) is 6.85. The van der Waals surface area contributed by atoms with Crippen LogP contribution in [0.1, 0.15) is 46.4 Å². The molecule has 2 atom stereocenters. The minimum absolute atomic E-state index is 0.0540. The van der Waals surface area contributed by atoms with Crippen molar-refractivity contribution in [2.45, 2.75) is 37.8 Å². The lowest BCUT2D eigenvalue weighted by Crippen LogP contribution is -2.45. The van der Waals surface area contributed by atoms with Crippen LogP contribution in [0.3, 0.4) is 0 Å². The third-order valence-electron chi connectivity index (χ3n) is 4.32. The maximum absolute atomic E-state index is 12.3. The molecule has 1 aromatic heterocycles. The maximum Gasteiger partial charge on any atom is 0.251 e. The number of pyridine rings is 1. The molecule has 0 saturated heterocycles. The number of benzene rings is 1. The molecule has 0 spiro atoms. The number of carbonyl (C=O) groups is 2. The van der Waals surface area contributed by atoms with Crippen LogP contribution in [0.25, 0.3) is 0 Å². The predicted molar refractivity (Wildman–Crippen MR) is 91.7 cm³/mol. The lowest BCUT2D eigenvalue weighted by atomic mass is 9.90. The van der Waals surface area contributed by atoms with Gasteiger partial charge in [-0.05, 0) is 49.9 Å². The van der Waals surface area contributed by atoms with Crippen molar-refractivity contribution in [3.8, 4) is 0 Å². The van der Waals surface area contributed by atoms with Crippen molar-refractivity contribution < 1.29 is 9.59 Å². The van der Waals surface area contributed by atoms with Crippen LogP contribution in [0.5, 0.6) is 0 Å². The molecule has 3 rings (SSSR count). The summed E-state index contributed by atoms with van der Waals surface area (Å²) in [5.74, 6) is -0.140. The Morgan fingerprint density at radius 3 is 1.96 bits per heavy atom. The molecule has 1 aromatic carbocycles. The van der Waals surface area contributed by atoms with E-state index in [1.165, 1.54) is 0 Å². The molecule has 1 heterocycles. The molecule has 2 N–H and O–H groups in total. The fourth-order valence-corrected chi connectivity index (χ4v) is 3.08. The van der Waals surface area contributed by atoms with E-state index in [0.29, 0.717) is 11.1 Å². The van der Waals surface area contributed by atoms with Gasteiger partial charge in [-0.2, -0.15) is 0 Å². The first-order chi connectivity index (χ1) is 11.7. The molecule has 1 aliphatic carbocycles. The maximum atomic E-state index is 12.3. The summed E-state index contributed by atoms with van der Waals surface area (Å²) in [5, 5.41) is 6.14. The number of hydrogen-bond donors (Lipinski definition) is 2. The zero-order valence-corrected chi connectivity index (χ0v) is 13.4. The Labute approximate surface area is 141 Å². The zero-order chi connectivity index (χ0) is 16.8. The molecule has 2 unspecified atom stereocenters. The molecule has 1 saturated carbocycles. The first-order valence-corrected chi connectivity index (χ1v) is 8.29. The first-order valence-electron chi connectivity index (χ1n) is 8.29. The van der Waals surface area contributed by atoms with Crippen molar-refractivity contribution in [2.75, 3.05) is 0 Å². The highest BCUT2D eigenvalue weighted by atomic mass is 16.2. The molecular weight excluding hydrogens is 302 g/mol. The SMILES string of the molecule is O=C(NC1CCCC(NC(=O)c2ccncc2)C1)c1ccccc1. The second-order valence-electron chi connectivity index (χ2n) is 6.11. The minimum Gasteiger partial charge on any atom is -0.349 e. The second kappa shape index (κ2) is 7.73. The van der Waals surface area contributed by atoms with Crippen LogP contribution in [0, 0.1) is 0 Å². The molecule has 2 aromatic rings. The van der Waals surface area contributed by atoms with Gasteiger partial charge in [-0.3, -0.25) is 14.6 Å². The number of nitrogens with one attached hydrogen (secondary N) is 2. The lowest BCUT2D eigenvalue weighted by Gasteiger charge is -2.30. The zero-order valence-electron chi connectivity index (χ0n) is 13.4. The average molecular weight is 323 g/mol. The van der Waals surface area contributed by atoms with Gasteiger partial charge >= 0.3 is 0 Å². The molecule has 5 nitrogen and oxygen atoms in total. The highest BCUT2D eigenvalue weighted by Gasteiger charge is 2.25. The van der Waals surface area contributed by atoms with E-state index in [1.807, 2.05) is 18.2 Å². The number of nitrogens with zero attached hydrogens (tertiary/aromatic N) is 1. The van der Waals surface area contributed by atoms with Gasteiger partial charge in [0.1, 0.15) is 0 Å². The normalized spacial score (nSPS) is 20.2. The van der Waals surface area contributed by atoms with E-state index < -0.39 is 0 Å².